The van der Waals surface area contributed by atoms with Gasteiger partial charge in [-0.3, -0.25) is 9.59 Å². The number of carbonyl (C=O) groups excluding carboxylic acids is 1. The number of carbonyl (C=O) groups is 1. The predicted octanol–water partition coefficient (Wildman–Crippen LogP) is 0.675. The van der Waals surface area contributed by atoms with E-state index in [9.17, 15) is 9.59 Å². The first-order valence-electron chi connectivity index (χ1n) is 4.63. The van der Waals surface area contributed by atoms with Crippen molar-refractivity contribution in [1.29, 1.82) is 0 Å². The fraction of sp³-hybridized carbons (Fsp3) is 0.400. The molecule has 1 aromatic heterocycles. The van der Waals surface area contributed by atoms with Crippen molar-refractivity contribution in [3.8, 4) is 0 Å². The van der Waals surface area contributed by atoms with Crippen LogP contribution in [0.5, 0.6) is 0 Å². The van der Waals surface area contributed by atoms with Crippen molar-refractivity contribution in [3.05, 3.63) is 34.7 Å². The van der Waals surface area contributed by atoms with Crippen LogP contribution in [0.3, 0.4) is 0 Å². The molecule has 0 aliphatic carbocycles. The molecule has 0 fully saturated rings. The molecule has 0 aromatic carbocycles. The lowest BCUT2D eigenvalue weighted by molar-refractivity contribution is -0.121. The molecule has 1 unspecified atom stereocenters. The first-order valence-corrected chi connectivity index (χ1v) is 4.63. The highest BCUT2D eigenvalue weighted by molar-refractivity contribution is 5.78. The van der Waals surface area contributed by atoms with Crippen molar-refractivity contribution >= 4 is 5.91 Å². The number of rotatable bonds is 4. The number of pyridine rings is 1. The highest BCUT2D eigenvalue weighted by atomic mass is 16.2. The van der Waals surface area contributed by atoms with E-state index >= 15 is 0 Å². The van der Waals surface area contributed by atoms with E-state index in [2.05, 4.69) is 0 Å². The molecule has 2 N–H and O–H groups in total. The van der Waals surface area contributed by atoms with E-state index in [4.69, 9.17) is 5.73 Å². The molecule has 0 aliphatic rings. The van der Waals surface area contributed by atoms with Gasteiger partial charge in [0.05, 0.1) is 0 Å². The second-order valence-electron chi connectivity index (χ2n) is 3.15. The van der Waals surface area contributed by atoms with Crippen LogP contribution in [0.4, 0.5) is 0 Å². The summed E-state index contributed by atoms with van der Waals surface area (Å²) in [6.07, 6.45) is 3.00. The first-order chi connectivity index (χ1) is 6.66. The Balaban J connectivity index is 3.05. The molecule has 76 valence electrons. The zero-order valence-electron chi connectivity index (χ0n) is 8.14. The van der Waals surface area contributed by atoms with Crippen LogP contribution in [-0.2, 0) is 4.79 Å². The molecule has 0 spiro atoms. The molecule has 0 saturated carbocycles. The first kappa shape index (κ1) is 10.5. The minimum absolute atomic E-state index is 0.190. The maximum absolute atomic E-state index is 11.4. The second kappa shape index (κ2) is 4.60. The summed E-state index contributed by atoms with van der Waals surface area (Å²) in [5.41, 5.74) is 5.03. The van der Waals surface area contributed by atoms with Crippen LogP contribution in [0, 0.1) is 0 Å². The van der Waals surface area contributed by atoms with Crippen LogP contribution in [0.25, 0.3) is 0 Å². The average Bonchev–Trinajstić information content (AvgIpc) is 2.15. The van der Waals surface area contributed by atoms with E-state index in [-0.39, 0.29) is 5.56 Å². The normalized spacial score (nSPS) is 12.4. The summed E-state index contributed by atoms with van der Waals surface area (Å²) in [5.74, 6) is -0.458. The van der Waals surface area contributed by atoms with E-state index in [1.807, 2.05) is 6.92 Å². The number of aromatic nitrogens is 1. The Bertz CT molecular complexity index is 370. The van der Waals surface area contributed by atoms with Gasteiger partial charge in [-0.25, -0.2) is 0 Å². The monoisotopic (exact) mass is 194 g/mol. The lowest BCUT2D eigenvalue weighted by atomic mass is 10.1. The summed E-state index contributed by atoms with van der Waals surface area (Å²) in [6.45, 7) is 1.95. The molecule has 0 saturated heterocycles. The third-order valence-electron chi connectivity index (χ3n) is 2.08. The topological polar surface area (TPSA) is 65.1 Å². The second-order valence-corrected chi connectivity index (χ2v) is 3.15. The van der Waals surface area contributed by atoms with Gasteiger partial charge in [-0.2, -0.15) is 0 Å². The summed E-state index contributed by atoms with van der Waals surface area (Å²) in [5, 5.41) is 0. The van der Waals surface area contributed by atoms with Gasteiger partial charge in [0, 0.05) is 12.3 Å². The van der Waals surface area contributed by atoms with Gasteiger partial charge in [-0.1, -0.05) is 19.4 Å². The molecular weight excluding hydrogens is 180 g/mol. The molecule has 4 nitrogen and oxygen atoms in total. The predicted molar refractivity (Wildman–Crippen MR) is 53.8 cm³/mol. The summed E-state index contributed by atoms with van der Waals surface area (Å²) in [4.78, 5) is 22.5. The summed E-state index contributed by atoms with van der Waals surface area (Å²) in [7, 11) is 0. The molecule has 14 heavy (non-hydrogen) atoms. The van der Waals surface area contributed by atoms with Crippen molar-refractivity contribution in [2.45, 2.75) is 25.8 Å². The molecule has 0 aliphatic heterocycles. The highest BCUT2D eigenvalue weighted by Crippen LogP contribution is 2.09. The molecule has 1 atom stereocenters. The number of hydrogen-bond acceptors (Lipinski definition) is 2. The minimum Gasteiger partial charge on any atom is -0.368 e. The van der Waals surface area contributed by atoms with Gasteiger partial charge in [0.2, 0.25) is 5.91 Å². The van der Waals surface area contributed by atoms with Gasteiger partial charge in [-0.05, 0) is 12.5 Å². The summed E-state index contributed by atoms with van der Waals surface area (Å²) in [6, 6.07) is 4.26. The SMILES string of the molecule is CCCC(C(N)=O)n1ccccc1=O. The maximum atomic E-state index is 11.4. The summed E-state index contributed by atoms with van der Waals surface area (Å²) < 4.78 is 1.38. The van der Waals surface area contributed by atoms with Crippen molar-refractivity contribution in [1.82, 2.24) is 4.57 Å². The Kier molecular flexibility index (Phi) is 3.45. The van der Waals surface area contributed by atoms with Gasteiger partial charge in [0.25, 0.3) is 5.56 Å². The quantitative estimate of drug-likeness (QED) is 0.765. The lowest BCUT2D eigenvalue weighted by Gasteiger charge is -2.14. The van der Waals surface area contributed by atoms with Crippen molar-refractivity contribution in [2.24, 2.45) is 5.73 Å². The van der Waals surface area contributed by atoms with Gasteiger partial charge in [0.15, 0.2) is 0 Å². The Labute approximate surface area is 82.3 Å². The van der Waals surface area contributed by atoms with Crippen LogP contribution in [0.1, 0.15) is 25.8 Å². The number of nitrogens with two attached hydrogens (primary N) is 1. The number of primary amides is 1. The van der Waals surface area contributed by atoms with E-state index in [0.717, 1.165) is 6.42 Å². The van der Waals surface area contributed by atoms with Gasteiger partial charge < -0.3 is 10.3 Å². The molecule has 4 heteroatoms. The highest BCUT2D eigenvalue weighted by Gasteiger charge is 2.16. The standard InChI is InChI=1S/C10H14N2O2/c1-2-5-8(10(11)14)12-7-4-3-6-9(12)13/h3-4,6-8H,2,5H2,1H3,(H2,11,14). The van der Waals surface area contributed by atoms with E-state index in [1.165, 1.54) is 10.6 Å². The van der Waals surface area contributed by atoms with E-state index < -0.39 is 11.9 Å². The molecule has 1 amide bonds. The smallest absolute Gasteiger partial charge is 0.251 e. The Morgan fingerprint density at radius 3 is 2.79 bits per heavy atom. The lowest BCUT2D eigenvalue weighted by Crippen LogP contribution is -2.32. The third-order valence-corrected chi connectivity index (χ3v) is 2.08. The van der Waals surface area contributed by atoms with E-state index in [1.54, 1.807) is 18.3 Å². The van der Waals surface area contributed by atoms with Gasteiger partial charge in [0.1, 0.15) is 6.04 Å². The van der Waals surface area contributed by atoms with Crippen LogP contribution in [-0.4, -0.2) is 10.5 Å². The molecular formula is C10H14N2O2. The van der Waals surface area contributed by atoms with Crippen LogP contribution < -0.4 is 11.3 Å². The fourth-order valence-electron chi connectivity index (χ4n) is 1.39. The molecule has 0 radical (unpaired) electrons. The zero-order chi connectivity index (χ0) is 10.6. The van der Waals surface area contributed by atoms with Crippen LogP contribution >= 0.6 is 0 Å². The van der Waals surface area contributed by atoms with Gasteiger partial charge >= 0.3 is 0 Å². The Morgan fingerprint density at radius 1 is 1.57 bits per heavy atom. The van der Waals surface area contributed by atoms with Crippen molar-refractivity contribution in [2.75, 3.05) is 0 Å². The van der Waals surface area contributed by atoms with E-state index in [0.29, 0.717) is 6.42 Å². The molecule has 1 aromatic rings. The fourth-order valence-corrected chi connectivity index (χ4v) is 1.39. The number of amides is 1. The third kappa shape index (κ3) is 2.22. The van der Waals surface area contributed by atoms with Crippen molar-refractivity contribution in [3.63, 3.8) is 0 Å². The molecule has 0 bridgehead atoms. The largest absolute Gasteiger partial charge is 0.368 e. The minimum atomic E-state index is -0.520. The Hall–Kier alpha value is -1.58. The van der Waals surface area contributed by atoms with Crippen molar-refractivity contribution < 1.29 is 4.79 Å². The number of hydrogen-bond donors (Lipinski definition) is 1. The molecule has 1 heterocycles. The van der Waals surface area contributed by atoms with Gasteiger partial charge in [-0.15, -0.1) is 0 Å². The van der Waals surface area contributed by atoms with Crippen LogP contribution in [0.2, 0.25) is 0 Å². The summed E-state index contributed by atoms with van der Waals surface area (Å²) >= 11 is 0. The average molecular weight is 194 g/mol. The zero-order valence-corrected chi connectivity index (χ0v) is 8.14. The maximum Gasteiger partial charge on any atom is 0.251 e. The molecule has 1 rings (SSSR count). The number of nitrogens with zero attached hydrogens (tertiary/aromatic N) is 1. The Morgan fingerprint density at radius 2 is 2.29 bits per heavy atom. The van der Waals surface area contributed by atoms with Crippen LogP contribution in [0.15, 0.2) is 29.2 Å².